The van der Waals surface area contributed by atoms with Crippen LogP contribution in [0.25, 0.3) is 0 Å². The third-order valence-corrected chi connectivity index (χ3v) is 7.51. The van der Waals surface area contributed by atoms with Crippen LogP contribution >= 0.6 is 0 Å². The number of fused-ring (bicyclic) bond motifs is 5. The molecule has 4 aliphatic heterocycles. The number of ether oxygens (including phenoxy) is 2. The summed E-state index contributed by atoms with van der Waals surface area (Å²) < 4.78 is 10.8. The highest BCUT2D eigenvalue weighted by molar-refractivity contribution is 5.89. The molecule has 0 radical (unpaired) electrons. The number of nitrogens with zero attached hydrogens (tertiary/aromatic N) is 2. The van der Waals surface area contributed by atoms with E-state index in [1.165, 1.54) is 45.1 Å². The number of anilines is 1. The van der Waals surface area contributed by atoms with Crippen LogP contribution in [0, 0.1) is 17.8 Å². The smallest absolute Gasteiger partial charge is 0.321 e. The van der Waals surface area contributed by atoms with Gasteiger partial charge < -0.3 is 19.7 Å². The second-order valence-electron chi connectivity index (χ2n) is 9.36. The summed E-state index contributed by atoms with van der Waals surface area (Å²) in [4.78, 5) is 17.9. The fourth-order valence-corrected chi connectivity index (χ4v) is 6.18. The molecule has 0 aromatic heterocycles. The Balaban J connectivity index is 1.14. The minimum absolute atomic E-state index is 0.0246. The Labute approximate surface area is 166 Å². The topological polar surface area (TPSA) is 54.0 Å². The molecule has 6 nitrogen and oxygen atoms in total. The van der Waals surface area contributed by atoms with Crippen molar-refractivity contribution < 1.29 is 14.3 Å². The predicted octanol–water partition coefficient (Wildman–Crippen LogP) is 3.53. The Morgan fingerprint density at radius 3 is 2.64 bits per heavy atom. The number of carbonyl (C=O) groups is 1. The SMILES string of the molecule is O=C(Nc1ccc2c(c1)OCO2)N1C[C@@H]2C[C@H](C1)[C@@H]1CCC[C@H](C3CC3)N1C2. The van der Waals surface area contributed by atoms with E-state index < -0.39 is 0 Å². The summed E-state index contributed by atoms with van der Waals surface area (Å²) in [5, 5.41) is 3.08. The predicted molar refractivity (Wildman–Crippen MR) is 106 cm³/mol. The Bertz CT molecular complexity index is 780. The monoisotopic (exact) mass is 383 g/mol. The lowest BCUT2D eigenvalue weighted by molar-refractivity contribution is -0.0515. The summed E-state index contributed by atoms with van der Waals surface area (Å²) in [6.07, 6.45) is 8.26. The first-order valence-corrected chi connectivity index (χ1v) is 11.0. The van der Waals surface area contributed by atoms with Gasteiger partial charge in [-0.2, -0.15) is 0 Å². The first kappa shape index (κ1) is 17.0. The van der Waals surface area contributed by atoms with Gasteiger partial charge in [0.2, 0.25) is 6.79 Å². The number of hydrogen-bond donors (Lipinski definition) is 1. The molecule has 1 aliphatic carbocycles. The van der Waals surface area contributed by atoms with Crippen LogP contribution in [-0.2, 0) is 0 Å². The maximum Gasteiger partial charge on any atom is 0.321 e. The molecule has 2 amide bonds. The van der Waals surface area contributed by atoms with E-state index in [0.717, 1.165) is 36.5 Å². The Hall–Kier alpha value is -1.95. The molecular weight excluding hydrogens is 354 g/mol. The van der Waals surface area contributed by atoms with Gasteiger partial charge in [0.15, 0.2) is 11.5 Å². The summed E-state index contributed by atoms with van der Waals surface area (Å²) in [7, 11) is 0. The fraction of sp³-hybridized carbons (Fsp3) is 0.682. The van der Waals surface area contributed by atoms with Crippen molar-refractivity contribution in [1.82, 2.24) is 9.80 Å². The van der Waals surface area contributed by atoms with E-state index in [0.29, 0.717) is 23.6 Å². The lowest BCUT2D eigenvalue weighted by atomic mass is 9.74. The molecule has 28 heavy (non-hydrogen) atoms. The van der Waals surface area contributed by atoms with Crippen molar-refractivity contribution in [2.75, 3.05) is 31.7 Å². The number of hydrogen-bond acceptors (Lipinski definition) is 4. The van der Waals surface area contributed by atoms with E-state index in [-0.39, 0.29) is 12.8 Å². The molecule has 0 unspecified atom stereocenters. The van der Waals surface area contributed by atoms with Crippen LogP contribution in [0.5, 0.6) is 11.5 Å². The Kier molecular flexibility index (Phi) is 3.96. The standard InChI is InChI=1S/C22H29N3O3/c26-22(23-17-6-7-20-21(9-17)28-13-27-20)24-10-14-8-16(12-24)19-3-1-2-18(15-4-5-15)25(19)11-14/h6-7,9,14-16,18-19H,1-5,8,10-13H2,(H,23,26)/t14-,16+,18+,19-/m0/s1. The number of rotatable bonds is 2. The van der Waals surface area contributed by atoms with Crippen LogP contribution < -0.4 is 14.8 Å². The van der Waals surface area contributed by atoms with Gasteiger partial charge in [-0.1, -0.05) is 6.42 Å². The van der Waals surface area contributed by atoms with Gasteiger partial charge in [-0.15, -0.1) is 0 Å². The molecule has 1 N–H and O–H groups in total. The number of nitrogens with one attached hydrogen (secondary N) is 1. The molecule has 0 spiro atoms. The number of likely N-dealkylation sites (tertiary alicyclic amines) is 1. The first-order chi connectivity index (χ1) is 13.7. The van der Waals surface area contributed by atoms with Crippen molar-refractivity contribution in [3.05, 3.63) is 18.2 Å². The van der Waals surface area contributed by atoms with Gasteiger partial charge in [0.25, 0.3) is 0 Å². The van der Waals surface area contributed by atoms with Crippen LogP contribution in [0.3, 0.4) is 0 Å². The van der Waals surface area contributed by atoms with E-state index in [4.69, 9.17) is 9.47 Å². The van der Waals surface area contributed by atoms with Gasteiger partial charge in [0, 0.05) is 43.5 Å². The molecule has 4 fully saturated rings. The average Bonchev–Trinajstić information content (AvgIpc) is 3.44. The molecule has 3 saturated heterocycles. The third-order valence-electron chi connectivity index (χ3n) is 7.51. The van der Waals surface area contributed by atoms with Crippen molar-refractivity contribution in [3.63, 3.8) is 0 Å². The average molecular weight is 383 g/mol. The molecular formula is C22H29N3O3. The molecule has 1 saturated carbocycles. The van der Waals surface area contributed by atoms with Crippen molar-refractivity contribution in [2.45, 2.75) is 50.6 Å². The summed E-state index contributed by atoms with van der Waals surface area (Å²) in [6.45, 7) is 3.22. The van der Waals surface area contributed by atoms with Crippen LogP contribution in [0.4, 0.5) is 10.5 Å². The van der Waals surface area contributed by atoms with Crippen molar-refractivity contribution in [1.29, 1.82) is 0 Å². The Morgan fingerprint density at radius 2 is 1.79 bits per heavy atom. The van der Waals surface area contributed by atoms with E-state index in [1.54, 1.807) is 0 Å². The van der Waals surface area contributed by atoms with Crippen LogP contribution in [0.15, 0.2) is 18.2 Å². The molecule has 6 heteroatoms. The molecule has 5 aliphatic rings. The zero-order valence-electron chi connectivity index (χ0n) is 16.3. The number of urea groups is 1. The van der Waals surface area contributed by atoms with Crippen LogP contribution in [0.1, 0.15) is 38.5 Å². The normalized spacial score (nSPS) is 34.1. The van der Waals surface area contributed by atoms with Crippen molar-refractivity contribution in [3.8, 4) is 11.5 Å². The minimum Gasteiger partial charge on any atom is -0.454 e. The molecule has 2 bridgehead atoms. The molecule has 1 aromatic rings. The quantitative estimate of drug-likeness (QED) is 0.849. The number of benzene rings is 1. The zero-order chi connectivity index (χ0) is 18.7. The lowest BCUT2D eigenvalue weighted by Gasteiger charge is -2.55. The fourth-order valence-electron chi connectivity index (χ4n) is 6.18. The zero-order valence-corrected chi connectivity index (χ0v) is 16.3. The number of piperidine rings is 3. The highest BCUT2D eigenvalue weighted by atomic mass is 16.7. The number of carbonyl (C=O) groups excluding carboxylic acids is 1. The summed E-state index contributed by atoms with van der Waals surface area (Å²) >= 11 is 0. The number of amides is 2. The summed E-state index contributed by atoms with van der Waals surface area (Å²) in [5.74, 6) is 3.67. The van der Waals surface area contributed by atoms with Gasteiger partial charge in [-0.3, -0.25) is 4.90 Å². The van der Waals surface area contributed by atoms with E-state index in [1.807, 2.05) is 18.2 Å². The molecule has 4 atom stereocenters. The maximum atomic E-state index is 13.0. The van der Waals surface area contributed by atoms with E-state index in [9.17, 15) is 4.79 Å². The molecule has 150 valence electrons. The molecule has 4 heterocycles. The van der Waals surface area contributed by atoms with E-state index >= 15 is 0 Å². The summed E-state index contributed by atoms with van der Waals surface area (Å²) in [5.41, 5.74) is 0.776. The van der Waals surface area contributed by atoms with Crippen molar-refractivity contribution >= 4 is 11.7 Å². The minimum atomic E-state index is 0.0246. The summed E-state index contributed by atoms with van der Waals surface area (Å²) in [6, 6.07) is 7.15. The van der Waals surface area contributed by atoms with Crippen molar-refractivity contribution in [2.24, 2.45) is 17.8 Å². The van der Waals surface area contributed by atoms with Gasteiger partial charge in [-0.25, -0.2) is 4.79 Å². The second kappa shape index (κ2) is 6.55. The molecule has 1 aromatic carbocycles. The van der Waals surface area contributed by atoms with Gasteiger partial charge >= 0.3 is 6.03 Å². The highest BCUT2D eigenvalue weighted by Crippen LogP contribution is 2.46. The third kappa shape index (κ3) is 2.93. The lowest BCUT2D eigenvalue weighted by Crippen LogP contribution is -2.63. The maximum absolute atomic E-state index is 13.0. The largest absolute Gasteiger partial charge is 0.454 e. The van der Waals surface area contributed by atoms with E-state index in [2.05, 4.69) is 15.1 Å². The van der Waals surface area contributed by atoms with Crippen LogP contribution in [-0.4, -0.2) is 54.3 Å². The van der Waals surface area contributed by atoms with Crippen LogP contribution in [0.2, 0.25) is 0 Å². The second-order valence-corrected chi connectivity index (χ2v) is 9.36. The highest BCUT2D eigenvalue weighted by Gasteiger charge is 2.48. The van der Waals surface area contributed by atoms with Gasteiger partial charge in [0.05, 0.1) is 0 Å². The van der Waals surface area contributed by atoms with Gasteiger partial charge in [0.1, 0.15) is 0 Å². The molecule has 6 rings (SSSR count). The Morgan fingerprint density at radius 1 is 0.964 bits per heavy atom. The van der Waals surface area contributed by atoms with Gasteiger partial charge in [-0.05, 0) is 62.0 Å². The first-order valence-electron chi connectivity index (χ1n) is 11.0.